The molecule has 2 aliphatic rings. The minimum atomic E-state index is -0.204. The summed E-state index contributed by atoms with van der Waals surface area (Å²) in [6.07, 6.45) is 2.32. The van der Waals surface area contributed by atoms with Crippen LogP contribution >= 0.6 is 0 Å². The number of nitrogens with zero attached hydrogens (tertiary/aromatic N) is 6. The zero-order chi connectivity index (χ0) is 21.0. The van der Waals surface area contributed by atoms with Crippen molar-refractivity contribution in [2.24, 2.45) is 0 Å². The molecular formula is C23H27FN6O. The predicted octanol–water partition coefficient (Wildman–Crippen LogP) is 2.90. The van der Waals surface area contributed by atoms with E-state index in [0.717, 1.165) is 57.1 Å². The Morgan fingerprint density at radius 2 is 1.77 bits per heavy atom. The first-order valence-electron chi connectivity index (χ1n) is 10.9. The van der Waals surface area contributed by atoms with E-state index in [1.165, 1.54) is 17.7 Å². The number of tetrazole rings is 1. The van der Waals surface area contributed by atoms with Gasteiger partial charge in [-0.05, 0) is 53.1 Å². The highest BCUT2D eigenvalue weighted by atomic mass is 19.1. The van der Waals surface area contributed by atoms with Gasteiger partial charge in [-0.3, -0.25) is 4.90 Å². The number of hydrogen-bond donors (Lipinski definition) is 0. The van der Waals surface area contributed by atoms with E-state index in [0.29, 0.717) is 6.54 Å². The average molecular weight is 423 g/mol. The number of hydrogen-bond acceptors (Lipinski definition) is 6. The molecule has 0 N–H and O–H groups in total. The summed E-state index contributed by atoms with van der Waals surface area (Å²) >= 11 is 0. The van der Waals surface area contributed by atoms with Crippen molar-refractivity contribution >= 4 is 5.69 Å². The zero-order valence-corrected chi connectivity index (χ0v) is 17.5. The van der Waals surface area contributed by atoms with Gasteiger partial charge in [0.2, 0.25) is 0 Å². The molecule has 2 saturated heterocycles. The monoisotopic (exact) mass is 422 g/mol. The molecule has 31 heavy (non-hydrogen) atoms. The normalized spacial score (nSPS) is 20.8. The van der Waals surface area contributed by atoms with Crippen molar-refractivity contribution in [3.05, 3.63) is 71.8 Å². The van der Waals surface area contributed by atoms with Crippen LogP contribution in [-0.2, 0) is 11.3 Å². The second-order valence-electron chi connectivity index (χ2n) is 8.17. The molecular weight excluding hydrogens is 395 g/mol. The zero-order valence-electron chi connectivity index (χ0n) is 17.5. The first-order chi connectivity index (χ1) is 15.3. The Kier molecular flexibility index (Phi) is 5.90. The number of ether oxygens (including phenoxy) is 1. The van der Waals surface area contributed by atoms with Crippen LogP contribution in [-0.4, -0.2) is 64.0 Å². The SMILES string of the molecule is Fc1ccc(N2CCN([C@@H](c3ccccc3)c3nnnn3C[C@@H]3CCCO3)CC2)cc1. The first-order valence-corrected chi connectivity index (χ1v) is 10.9. The second kappa shape index (κ2) is 9.11. The van der Waals surface area contributed by atoms with Gasteiger partial charge in [0.05, 0.1) is 18.7 Å². The number of aromatic nitrogens is 4. The standard InChI is InChI=1S/C23H27FN6O/c24-19-8-10-20(11-9-19)28-12-14-29(15-13-28)22(18-5-2-1-3-6-18)23-25-26-27-30(23)17-21-7-4-16-31-21/h1-3,5-6,8-11,21-22H,4,7,12-17H2/t21-,22-/m0/s1. The van der Waals surface area contributed by atoms with E-state index < -0.39 is 0 Å². The predicted molar refractivity (Wildman–Crippen MR) is 115 cm³/mol. The maximum atomic E-state index is 13.3. The number of rotatable bonds is 6. The molecule has 7 nitrogen and oxygen atoms in total. The minimum absolute atomic E-state index is 0.0204. The van der Waals surface area contributed by atoms with Crippen LogP contribution in [0.25, 0.3) is 0 Å². The Labute approximate surface area is 181 Å². The lowest BCUT2D eigenvalue weighted by Crippen LogP contribution is -2.48. The van der Waals surface area contributed by atoms with E-state index in [4.69, 9.17) is 4.74 Å². The number of halogens is 1. The van der Waals surface area contributed by atoms with E-state index in [1.54, 1.807) is 0 Å². The fraction of sp³-hybridized carbons (Fsp3) is 0.435. The van der Waals surface area contributed by atoms with Crippen LogP contribution in [0.5, 0.6) is 0 Å². The largest absolute Gasteiger partial charge is 0.376 e. The van der Waals surface area contributed by atoms with Crippen molar-refractivity contribution in [2.45, 2.75) is 31.5 Å². The van der Waals surface area contributed by atoms with Gasteiger partial charge in [-0.2, -0.15) is 0 Å². The molecule has 0 saturated carbocycles. The summed E-state index contributed by atoms with van der Waals surface area (Å²) in [5, 5.41) is 12.8. The molecule has 0 radical (unpaired) electrons. The molecule has 0 spiro atoms. The van der Waals surface area contributed by atoms with Crippen molar-refractivity contribution < 1.29 is 9.13 Å². The Bertz CT molecular complexity index is 965. The van der Waals surface area contributed by atoms with Crippen molar-refractivity contribution in [1.82, 2.24) is 25.1 Å². The third-order valence-electron chi connectivity index (χ3n) is 6.19. The van der Waals surface area contributed by atoms with Gasteiger partial charge >= 0.3 is 0 Å². The van der Waals surface area contributed by atoms with E-state index in [-0.39, 0.29) is 18.0 Å². The quantitative estimate of drug-likeness (QED) is 0.609. The van der Waals surface area contributed by atoms with Crippen LogP contribution in [0.1, 0.15) is 30.3 Å². The smallest absolute Gasteiger partial charge is 0.173 e. The van der Waals surface area contributed by atoms with Gasteiger partial charge in [-0.1, -0.05) is 30.3 Å². The van der Waals surface area contributed by atoms with Gasteiger partial charge in [0.15, 0.2) is 5.82 Å². The maximum Gasteiger partial charge on any atom is 0.173 e. The van der Waals surface area contributed by atoms with Crippen molar-refractivity contribution in [1.29, 1.82) is 0 Å². The highest BCUT2D eigenvalue weighted by Crippen LogP contribution is 2.29. The lowest BCUT2D eigenvalue weighted by atomic mass is 10.0. The van der Waals surface area contributed by atoms with Crippen molar-refractivity contribution in [3.63, 3.8) is 0 Å². The minimum Gasteiger partial charge on any atom is -0.376 e. The molecule has 0 unspecified atom stereocenters. The van der Waals surface area contributed by atoms with Crippen LogP contribution < -0.4 is 4.90 Å². The number of piperazine rings is 1. The summed E-state index contributed by atoms with van der Waals surface area (Å²) < 4.78 is 21.0. The molecule has 1 aromatic heterocycles. The first kappa shape index (κ1) is 20.1. The van der Waals surface area contributed by atoms with Crippen LogP contribution in [0.4, 0.5) is 10.1 Å². The highest BCUT2D eigenvalue weighted by molar-refractivity contribution is 5.46. The molecule has 0 amide bonds. The van der Waals surface area contributed by atoms with Crippen LogP contribution in [0.2, 0.25) is 0 Å². The summed E-state index contributed by atoms with van der Waals surface area (Å²) in [5.41, 5.74) is 2.24. The molecule has 3 aromatic rings. The van der Waals surface area contributed by atoms with Gasteiger partial charge in [0, 0.05) is 38.5 Å². The van der Waals surface area contributed by atoms with Gasteiger partial charge in [0.25, 0.3) is 0 Å². The van der Waals surface area contributed by atoms with Crippen LogP contribution in [0, 0.1) is 5.82 Å². The third-order valence-corrected chi connectivity index (χ3v) is 6.19. The van der Waals surface area contributed by atoms with E-state index in [2.05, 4.69) is 49.6 Å². The highest BCUT2D eigenvalue weighted by Gasteiger charge is 2.31. The van der Waals surface area contributed by atoms with Crippen molar-refractivity contribution in [3.8, 4) is 0 Å². The maximum absolute atomic E-state index is 13.3. The molecule has 162 valence electrons. The molecule has 0 aliphatic carbocycles. The molecule has 2 atom stereocenters. The summed E-state index contributed by atoms with van der Waals surface area (Å²) in [7, 11) is 0. The summed E-state index contributed by atoms with van der Waals surface area (Å²) in [5.74, 6) is 0.654. The Balaban J connectivity index is 1.37. The molecule has 0 bridgehead atoms. The lowest BCUT2D eigenvalue weighted by molar-refractivity contribution is 0.0906. The fourth-order valence-electron chi connectivity index (χ4n) is 4.57. The Hall–Kier alpha value is -2.84. The van der Waals surface area contributed by atoms with E-state index in [9.17, 15) is 4.39 Å². The summed E-state index contributed by atoms with van der Waals surface area (Å²) in [6.45, 7) is 4.95. The number of anilines is 1. The summed E-state index contributed by atoms with van der Waals surface area (Å²) in [4.78, 5) is 4.74. The van der Waals surface area contributed by atoms with Crippen molar-refractivity contribution in [2.75, 3.05) is 37.7 Å². The molecule has 8 heteroatoms. The van der Waals surface area contributed by atoms with Gasteiger partial charge in [-0.15, -0.1) is 5.10 Å². The second-order valence-corrected chi connectivity index (χ2v) is 8.17. The van der Waals surface area contributed by atoms with Crippen LogP contribution in [0.15, 0.2) is 54.6 Å². The Morgan fingerprint density at radius 1 is 1.00 bits per heavy atom. The van der Waals surface area contributed by atoms with Gasteiger partial charge in [-0.25, -0.2) is 9.07 Å². The molecule has 2 aliphatic heterocycles. The molecule has 2 fully saturated rings. The topological polar surface area (TPSA) is 59.3 Å². The Morgan fingerprint density at radius 3 is 2.48 bits per heavy atom. The molecule has 5 rings (SSSR count). The van der Waals surface area contributed by atoms with Gasteiger partial charge in [0.1, 0.15) is 5.82 Å². The third kappa shape index (κ3) is 4.45. The lowest BCUT2D eigenvalue weighted by Gasteiger charge is -2.40. The fourth-order valence-corrected chi connectivity index (χ4v) is 4.57. The number of benzene rings is 2. The summed E-state index contributed by atoms with van der Waals surface area (Å²) in [6, 6.07) is 17.2. The van der Waals surface area contributed by atoms with E-state index >= 15 is 0 Å². The average Bonchev–Trinajstić information content (AvgIpc) is 3.49. The molecule has 3 heterocycles. The van der Waals surface area contributed by atoms with Gasteiger partial charge < -0.3 is 9.64 Å². The molecule has 2 aromatic carbocycles. The van der Waals surface area contributed by atoms with E-state index in [1.807, 2.05) is 22.9 Å². The van der Waals surface area contributed by atoms with Crippen LogP contribution in [0.3, 0.4) is 0 Å².